The van der Waals surface area contributed by atoms with Crippen molar-refractivity contribution in [3.8, 4) is 0 Å². The van der Waals surface area contributed by atoms with Crippen LogP contribution in [0.3, 0.4) is 0 Å². The molecule has 1 amide bonds. The van der Waals surface area contributed by atoms with Gasteiger partial charge in [-0.15, -0.1) is 24.0 Å². The highest BCUT2D eigenvalue weighted by molar-refractivity contribution is 14.0. The smallest absolute Gasteiger partial charge is 0.220 e. The van der Waals surface area contributed by atoms with Crippen molar-refractivity contribution in [3.05, 3.63) is 0 Å². The van der Waals surface area contributed by atoms with Gasteiger partial charge in [-0.05, 0) is 24.7 Å². The molecule has 2 aliphatic rings. The normalized spacial score (nSPS) is 21.4. The average Bonchev–Trinajstić information content (AvgIpc) is 3.14. The topological polar surface area (TPSA) is 78.0 Å². The van der Waals surface area contributed by atoms with Gasteiger partial charge in [-0.25, -0.2) is 0 Å². The number of halogens is 1. The summed E-state index contributed by atoms with van der Waals surface area (Å²) in [6.07, 6.45) is 5.84. The molecule has 164 valence electrons. The van der Waals surface area contributed by atoms with Gasteiger partial charge in [0.05, 0.1) is 12.7 Å². The summed E-state index contributed by atoms with van der Waals surface area (Å²) in [6.45, 7) is 10.4. The molecule has 0 aromatic heterocycles. The fourth-order valence-corrected chi connectivity index (χ4v) is 3.95. The Bertz CT molecular complexity index is 470. The van der Waals surface area contributed by atoms with Crippen LogP contribution in [-0.2, 0) is 9.53 Å². The summed E-state index contributed by atoms with van der Waals surface area (Å²) in [4.78, 5) is 18.7. The van der Waals surface area contributed by atoms with E-state index in [4.69, 9.17) is 4.74 Å². The van der Waals surface area contributed by atoms with E-state index in [1.165, 1.54) is 25.7 Å². The van der Waals surface area contributed by atoms with Crippen LogP contribution >= 0.6 is 24.0 Å². The summed E-state index contributed by atoms with van der Waals surface area (Å²) in [5, 5.41) is 9.59. The van der Waals surface area contributed by atoms with Crippen LogP contribution in [0.25, 0.3) is 0 Å². The zero-order valence-corrected chi connectivity index (χ0v) is 20.2. The minimum Gasteiger partial charge on any atom is -0.374 e. The number of guanidine groups is 1. The van der Waals surface area contributed by atoms with Crippen LogP contribution in [-0.4, -0.2) is 75.8 Å². The van der Waals surface area contributed by atoms with Crippen LogP contribution in [0.4, 0.5) is 0 Å². The molecule has 7 nitrogen and oxygen atoms in total. The number of ether oxygens (including phenoxy) is 1. The van der Waals surface area contributed by atoms with E-state index < -0.39 is 0 Å². The summed E-state index contributed by atoms with van der Waals surface area (Å²) in [5.74, 6) is 2.20. The van der Waals surface area contributed by atoms with Crippen molar-refractivity contribution in [3.63, 3.8) is 0 Å². The lowest BCUT2D eigenvalue weighted by Gasteiger charge is -2.34. The van der Waals surface area contributed by atoms with Crippen LogP contribution in [0.1, 0.15) is 46.0 Å². The molecule has 0 aromatic carbocycles. The molecule has 1 aliphatic heterocycles. The molecule has 3 N–H and O–H groups in total. The Balaban J connectivity index is 0.00000392. The van der Waals surface area contributed by atoms with E-state index in [2.05, 4.69) is 39.7 Å². The van der Waals surface area contributed by atoms with Crippen LogP contribution in [0.2, 0.25) is 0 Å². The Hall–Kier alpha value is -0.610. The maximum absolute atomic E-state index is 11.9. The molecule has 28 heavy (non-hydrogen) atoms. The highest BCUT2D eigenvalue weighted by atomic mass is 127. The van der Waals surface area contributed by atoms with Crippen LogP contribution in [0.5, 0.6) is 0 Å². The van der Waals surface area contributed by atoms with Gasteiger partial charge in [0.2, 0.25) is 5.91 Å². The number of nitrogens with zero attached hydrogens (tertiary/aromatic N) is 2. The van der Waals surface area contributed by atoms with Gasteiger partial charge in [0.15, 0.2) is 5.96 Å². The molecule has 1 heterocycles. The fourth-order valence-electron chi connectivity index (χ4n) is 3.95. The van der Waals surface area contributed by atoms with Crippen LogP contribution < -0.4 is 16.0 Å². The molecule has 1 saturated carbocycles. The maximum Gasteiger partial charge on any atom is 0.220 e. The van der Waals surface area contributed by atoms with Crippen molar-refractivity contribution in [2.45, 2.75) is 52.1 Å². The second kappa shape index (κ2) is 14.4. The number of hydrogen-bond acceptors (Lipinski definition) is 4. The standard InChI is InChI=1S/C20H39N5O2.HI/c1-16(2)14-25-10-11-27-18(15-25)13-24-20(21-3)23-9-8-22-19(26)12-17-6-4-5-7-17;/h16-18H,4-15H2,1-3H3,(H,22,26)(H2,21,23,24);1H. The zero-order valence-electron chi connectivity index (χ0n) is 17.8. The van der Waals surface area contributed by atoms with E-state index in [-0.39, 0.29) is 36.0 Å². The summed E-state index contributed by atoms with van der Waals surface area (Å²) in [5.41, 5.74) is 0. The first kappa shape index (κ1) is 25.4. The molecule has 2 rings (SSSR count). The Kier molecular flexibility index (Phi) is 13.1. The summed E-state index contributed by atoms with van der Waals surface area (Å²) >= 11 is 0. The van der Waals surface area contributed by atoms with E-state index in [1.54, 1.807) is 7.05 Å². The van der Waals surface area contributed by atoms with Gasteiger partial charge >= 0.3 is 0 Å². The molecule has 0 bridgehead atoms. The van der Waals surface area contributed by atoms with E-state index in [9.17, 15) is 4.79 Å². The lowest BCUT2D eigenvalue weighted by atomic mass is 10.0. The molecule has 0 aromatic rings. The van der Waals surface area contributed by atoms with Gasteiger partial charge in [-0.2, -0.15) is 0 Å². The van der Waals surface area contributed by atoms with Gasteiger partial charge in [0.25, 0.3) is 0 Å². The Morgan fingerprint density at radius 2 is 1.89 bits per heavy atom. The fraction of sp³-hybridized carbons (Fsp3) is 0.900. The van der Waals surface area contributed by atoms with Crippen LogP contribution in [0.15, 0.2) is 4.99 Å². The van der Waals surface area contributed by atoms with Crippen molar-refractivity contribution < 1.29 is 9.53 Å². The van der Waals surface area contributed by atoms with Crippen molar-refractivity contribution in [1.29, 1.82) is 0 Å². The molecule has 1 atom stereocenters. The number of nitrogens with one attached hydrogen (secondary N) is 3. The molecule has 2 fully saturated rings. The Labute approximate surface area is 187 Å². The predicted molar refractivity (Wildman–Crippen MR) is 125 cm³/mol. The summed E-state index contributed by atoms with van der Waals surface area (Å²) < 4.78 is 5.86. The van der Waals surface area contributed by atoms with Crippen molar-refractivity contribution in [2.24, 2.45) is 16.8 Å². The first-order valence-corrected chi connectivity index (χ1v) is 10.6. The Morgan fingerprint density at radius 1 is 1.18 bits per heavy atom. The van der Waals surface area contributed by atoms with Gasteiger partial charge in [-0.1, -0.05) is 26.7 Å². The number of hydrogen-bond donors (Lipinski definition) is 3. The minimum atomic E-state index is 0. The van der Waals surface area contributed by atoms with E-state index >= 15 is 0 Å². The third kappa shape index (κ3) is 10.2. The number of amides is 1. The maximum atomic E-state index is 11.9. The minimum absolute atomic E-state index is 0. The third-order valence-electron chi connectivity index (χ3n) is 5.26. The van der Waals surface area contributed by atoms with Crippen molar-refractivity contribution >= 4 is 35.8 Å². The highest BCUT2D eigenvalue weighted by Crippen LogP contribution is 2.27. The number of rotatable bonds is 9. The first-order chi connectivity index (χ1) is 13.1. The summed E-state index contributed by atoms with van der Waals surface area (Å²) in [7, 11) is 1.76. The van der Waals surface area contributed by atoms with Gasteiger partial charge in [-0.3, -0.25) is 14.7 Å². The highest BCUT2D eigenvalue weighted by Gasteiger charge is 2.21. The average molecular weight is 509 g/mol. The van der Waals surface area contributed by atoms with E-state index in [1.807, 2.05) is 0 Å². The quantitative estimate of drug-likeness (QED) is 0.191. The number of carbonyl (C=O) groups is 1. The molecule has 1 unspecified atom stereocenters. The first-order valence-electron chi connectivity index (χ1n) is 10.6. The SMILES string of the molecule is CN=C(NCCNC(=O)CC1CCCC1)NCC1CN(CC(C)C)CCO1.I. The second-order valence-corrected chi connectivity index (χ2v) is 8.23. The molecule has 1 saturated heterocycles. The third-order valence-corrected chi connectivity index (χ3v) is 5.26. The Morgan fingerprint density at radius 3 is 2.57 bits per heavy atom. The van der Waals surface area contributed by atoms with Crippen molar-refractivity contribution in [2.75, 3.05) is 52.9 Å². The lowest BCUT2D eigenvalue weighted by Crippen LogP contribution is -2.50. The molecular formula is C20H40IN5O2. The molecule has 0 spiro atoms. The number of aliphatic imine (C=N–C) groups is 1. The molecular weight excluding hydrogens is 469 g/mol. The number of morpholine rings is 1. The summed E-state index contributed by atoms with van der Waals surface area (Å²) in [6, 6.07) is 0. The molecule has 0 radical (unpaired) electrons. The van der Waals surface area contributed by atoms with Crippen LogP contribution in [0, 0.1) is 11.8 Å². The number of carbonyl (C=O) groups excluding carboxylic acids is 1. The molecule has 1 aliphatic carbocycles. The van der Waals surface area contributed by atoms with E-state index in [0.29, 0.717) is 31.3 Å². The van der Waals surface area contributed by atoms with Gasteiger partial charge < -0.3 is 20.7 Å². The zero-order chi connectivity index (χ0) is 19.5. The predicted octanol–water partition coefficient (Wildman–Crippen LogP) is 1.82. The molecule has 8 heteroatoms. The van der Waals surface area contributed by atoms with Crippen molar-refractivity contribution in [1.82, 2.24) is 20.9 Å². The van der Waals surface area contributed by atoms with Gasteiger partial charge in [0, 0.05) is 52.7 Å². The largest absolute Gasteiger partial charge is 0.374 e. The monoisotopic (exact) mass is 509 g/mol. The lowest BCUT2D eigenvalue weighted by molar-refractivity contribution is -0.121. The van der Waals surface area contributed by atoms with E-state index in [0.717, 1.165) is 38.7 Å². The second-order valence-electron chi connectivity index (χ2n) is 8.23. The van der Waals surface area contributed by atoms with Gasteiger partial charge in [0.1, 0.15) is 0 Å².